The van der Waals surface area contributed by atoms with Crippen molar-refractivity contribution in [3.05, 3.63) is 10.1 Å². The van der Waals surface area contributed by atoms with E-state index >= 15 is 0 Å². The number of carbonyl (C=O) groups is 1. The van der Waals surface area contributed by atoms with E-state index in [-0.39, 0.29) is 5.78 Å². The van der Waals surface area contributed by atoms with Crippen molar-refractivity contribution in [3.63, 3.8) is 0 Å². The second-order valence-electron chi connectivity index (χ2n) is 1.26. The molecule has 0 aliphatic rings. The van der Waals surface area contributed by atoms with E-state index in [2.05, 4.69) is 9.88 Å². The van der Waals surface area contributed by atoms with Crippen LogP contribution in [0.1, 0.15) is 6.92 Å². The van der Waals surface area contributed by atoms with E-state index < -0.39 is 11.7 Å². The first kappa shape index (κ1) is 7.83. The van der Waals surface area contributed by atoms with Crippen LogP contribution in [0, 0.1) is 10.1 Å². The molecule has 0 rings (SSSR count). The molecule has 0 aromatic heterocycles. The van der Waals surface area contributed by atoms with Crippen LogP contribution in [0.4, 0.5) is 0 Å². The highest BCUT2D eigenvalue weighted by atomic mass is 17.3. The van der Waals surface area contributed by atoms with Gasteiger partial charge >= 0.3 is 5.09 Å². The summed E-state index contributed by atoms with van der Waals surface area (Å²) in [5, 5.41) is 8.19. The molecule has 0 saturated heterocycles. The lowest BCUT2D eigenvalue weighted by molar-refractivity contribution is -0.849. The van der Waals surface area contributed by atoms with Crippen LogP contribution in [0.15, 0.2) is 0 Å². The van der Waals surface area contributed by atoms with Gasteiger partial charge in [0.1, 0.15) is 6.61 Å². The fourth-order valence-corrected chi connectivity index (χ4v) is 0.152. The van der Waals surface area contributed by atoms with Gasteiger partial charge in [-0.3, -0.25) is 4.79 Å². The van der Waals surface area contributed by atoms with Gasteiger partial charge in [0.25, 0.3) is 0 Å². The van der Waals surface area contributed by atoms with Gasteiger partial charge in [-0.1, -0.05) is 0 Å². The maximum atomic E-state index is 10.00. The Morgan fingerprint density at radius 3 is 2.67 bits per heavy atom. The Bertz CT molecular complexity index is 107. The third-order valence-electron chi connectivity index (χ3n) is 0.376. The summed E-state index contributed by atoms with van der Waals surface area (Å²) in [7, 11) is 0. The number of ketones is 1. The normalized spacial score (nSPS) is 8.56. The fourth-order valence-electron chi connectivity index (χ4n) is 0.152. The number of nitrogens with zero attached hydrogens (tertiary/aromatic N) is 1. The molecule has 0 aliphatic carbocycles. The van der Waals surface area contributed by atoms with Crippen LogP contribution in [0.25, 0.3) is 0 Å². The van der Waals surface area contributed by atoms with E-state index in [9.17, 15) is 14.9 Å². The highest BCUT2D eigenvalue weighted by Gasteiger charge is 1.96. The van der Waals surface area contributed by atoms with Crippen molar-refractivity contribution in [2.45, 2.75) is 6.92 Å². The highest BCUT2D eigenvalue weighted by Crippen LogP contribution is 1.78. The first-order valence-electron chi connectivity index (χ1n) is 2.06. The zero-order chi connectivity index (χ0) is 7.28. The summed E-state index contributed by atoms with van der Waals surface area (Å²) in [5.74, 6) is -0.336. The first-order chi connectivity index (χ1) is 4.13. The third-order valence-corrected chi connectivity index (χ3v) is 0.376. The van der Waals surface area contributed by atoms with Gasteiger partial charge in [0.15, 0.2) is 5.78 Å². The van der Waals surface area contributed by atoms with Crippen molar-refractivity contribution in [2.75, 3.05) is 6.61 Å². The van der Waals surface area contributed by atoms with E-state index in [4.69, 9.17) is 0 Å². The smallest absolute Gasteiger partial charge is 0.297 e. The Kier molecular flexibility index (Phi) is 3.29. The van der Waals surface area contributed by atoms with Gasteiger partial charge in [-0.05, 0) is 6.92 Å². The van der Waals surface area contributed by atoms with E-state index in [0.717, 1.165) is 0 Å². The lowest BCUT2D eigenvalue weighted by atomic mass is 10.5. The molecular formula is C3H5NO5. The molecule has 0 amide bonds. The Hall–Kier alpha value is -1.17. The summed E-state index contributed by atoms with van der Waals surface area (Å²) in [6.45, 7) is 0.824. The highest BCUT2D eigenvalue weighted by molar-refractivity contribution is 5.76. The van der Waals surface area contributed by atoms with Crippen LogP contribution >= 0.6 is 0 Å². The molecule has 52 valence electrons. The lowest BCUT2D eigenvalue weighted by Crippen LogP contribution is -2.08. The molecule has 0 aromatic carbocycles. The van der Waals surface area contributed by atoms with Crippen molar-refractivity contribution >= 4 is 5.78 Å². The van der Waals surface area contributed by atoms with Crippen LogP contribution in [-0.4, -0.2) is 17.5 Å². The SMILES string of the molecule is CC(=O)COO[N+](=O)[O-]. The Morgan fingerprint density at radius 1 is 1.78 bits per heavy atom. The Labute approximate surface area is 50.4 Å². The standard InChI is InChI=1S/C3H5NO5/c1-3(5)2-8-9-4(6)7/h2H2,1H3. The van der Waals surface area contributed by atoms with Crippen LogP contribution in [0.5, 0.6) is 0 Å². The Morgan fingerprint density at radius 2 is 2.33 bits per heavy atom. The fraction of sp³-hybridized carbons (Fsp3) is 0.667. The summed E-state index contributed by atoms with van der Waals surface area (Å²) >= 11 is 0. The quantitative estimate of drug-likeness (QED) is 0.301. The average Bonchev–Trinajstić information content (AvgIpc) is 1.63. The van der Waals surface area contributed by atoms with Gasteiger partial charge in [0, 0.05) is 0 Å². The molecular weight excluding hydrogens is 130 g/mol. The molecule has 0 heterocycles. The van der Waals surface area contributed by atoms with Gasteiger partial charge in [0.2, 0.25) is 0 Å². The van der Waals surface area contributed by atoms with E-state index in [1.807, 2.05) is 0 Å². The van der Waals surface area contributed by atoms with Gasteiger partial charge < -0.3 is 0 Å². The molecule has 0 N–H and O–H groups in total. The van der Waals surface area contributed by atoms with Crippen molar-refractivity contribution in [1.82, 2.24) is 0 Å². The van der Waals surface area contributed by atoms with Gasteiger partial charge in [0.05, 0.1) is 0 Å². The van der Waals surface area contributed by atoms with Crippen molar-refractivity contribution in [2.24, 2.45) is 0 Å². The predicted octanol–water partition coefficient (Wildman–Crippen LogP) is -0.285. The predicted molar refractivity (Wildman–Crippen MR) is 24.7 cm³/mol. The summed E-state index contributed by atoms with van der Waals surface area (Å²) < 4.78 is 0. The van der Waals surface area contributed by atoms with Gasteiger partial charge in [-0.15, -0.1) is 15.1 Å². The summed E-state index contributed by atoms with van der Waals surface area (Å²) in [4.78, 5) is 26.5. The monoisotopic (exact) mass is 135 g/mol. The van der Waals surface area contributed by atoms with Gasteiger partial charge in [-0.2, -0.15) is 4.89 Å². The van der Waals surface area contributed by atoms with Crippen LogP contribution in [0.3, 0.4) is 0 Å². The molecule has 0 aliphatic heterocycles. The zero-order valence-corrected chi connectivity index (χ0v) is 4.70. The second kappa shape index (κ2) is 3.79. The zero-order valence-electron chi connectivity index (χ0n) is 4.70. The summed E-state index contributed by atoms with van der Waals surface area (Å²) in [6, 6.07) is 0. The minimum absolute atomic E-state index is 0.336. The molecule has 6 heteroatoms. The molecule has 0 saturated carbocycles. The number of hydrogen-bond donors (Lipinski definition) is 0. The molecule has 9 heavy (non-hydrogen) atoms. The van der Waals surface area contributed by atoms with E-state index in [1.54, 1.807) is 0 Å². The maximum Gasteiger partial charge on any atom is 0.322 e. The van der Waals surface area contributed by atoms with Crippen LogP contribution < -0.4 is 0 Å². The van der Waals surface area contributed by atoms with Crippen LogP contribution in [0.2, 0.25) is 0 Å². The van der Waals surface area contributed by atoms with Crippen molar-refractivity contribution < 1.29 is 19.8 Å². The second-order valence-corrected chi connectivity index (χ2v) is 1.26. The summed E-state index contributed by atoms with van der Waals surface area (Å²) in [5.41, 5.74) is 0. The average molecular weight is 135 g/mol. The first-order valence-corrected chi connectivity index (χ1v) is 2.06. The molecule has 0 spiro atoms. The van der Waals surface area contributed by atoms with E-state index in [1.165, 1.54) is 6.92 Å². The van der Waals surface area contributed by atoms with Crippen molar-refractivity contribution in [3.8, 4) is 0 Å². The minimum Gasteiger partial charge on any atom is -0.297 e. The van der Waals surface area contributed by atoms with Gasteiger partial charge in [-0.25, -0.2) is 0 Å². The largest absolute Gasteiger partial charge is 0.322 e. The maximum absolute atomic E-state index is 10.00. The minimum atomic E-state index is -1.14. The number of Topliss-reactive ketones (excluding diaryl/α,β-unsaturated/α-hetero) is 1. The van der Waals surface area contributed by atoms with Crippen molar-refractivity contribution in [1.29, 1.82) is 0 Å². The number of rotatable bonds is 4. The number of hydrogen-bond acceptors (Lipinski definition) is 5. The topological polar surface area (TPSA) is 78.7 Å². The van der Waals surface area contributed by atoms with Crippen LogP contribution in [-0.2, 0) is 14.7 Å². The molecule has 0 bridgehead atoms. The molecule has 0 aromatic rings. The number of carbonyl (C=O) groups excluding carboxylic acids is 1. The molecule has 0 atom stereocenters. The lowest BCUT2D eigenvalue weighted by Gasteiger charge is -1.92. The molecule has 0 unspecified atom stereocenters. The molecule has 6 nitrogen and oxygen atoms in total. The third kappa shape index (κ3) is 6.83. The summed E-state index contributed by atoms with van der Waals surface area (Å²) in [6.07, 6.45) is 0. The molecule has 0 radical (unpaired) electrons. The molecule has 0 fully saturated rings. The Balaban J connectivity index is 3.10. The van der Waals surface area contributed by atoms with E-state index in [0.29, 0.717) is 0 Å².